The lowest BCUT2D eigenvalue weighted by atomic mass is 9.91. The molecule has 0 N–H and O–H groups in total. The molecule has 0 bridgehead atoms. The van der Waals surface area contributed by atoms with Crippen molar-refractivity contribution in [1.29, 1.82) is 5.26 Å². The highest BCUT2D eigenvalue weighted by Crippen LogP contribution is 2.34. The molecule has 2 aromatic rings. The van der Waals surface area contributed by atoms with Crippen LogP contribution in [0, 0.1) is 18.3 Å². The zero-order valence-corrected chi connectivity index (χ0v) is 14.1. The Balaban J connectivity index is 2.55. The zero-order chi connectivity index (χ0) is 15.6. The van der Waals surface area contributed by atoms with Crippen molar-refractivity contribution in [1.82, 2.24) is 0 Å². The fourth-order valence-corrected chi connectivity index (χ4v) is 3.08. The third kappa shape index (κ3) is 3.29. The molecule has 0 aliphatic carbocycles. The SMILES string of the molecule is Cc1ccc(Br)c(C(=O)C(C#N)c2c(Cl)cccc2Cl)c1. The van der Waals surface area contributed by atoms with Gasteiger partial charge >= 0.3 is 0 Å². The Hall–Kier alpha value is -1.34. The number of aryl methyl sites for hydroxylation is 1. The van der Waals surface area contributed by atoms with Crippen LogP contribution in [0.3, 0.4) is 0 Å². The van der Waals surface area contributed by atoms with Crippen molar-refractivity contribution < 1.29 is 4.79 Å². The van der Waals surface area contributed by atoms with Crippen LogP contribution in [0.25, 0.3) is 0 Å². The van der Waals surface area contributed by atoms with Crippen molar-refractivity contribution in [3.05, 3.63) is 67.6 Å². The number of carbonyl (C=O) groups excluding carboxylic acids is 1. The average Bonchev–Trinajstić information content (AvgIpc) is 2.45. The van der Waals surface area contributed by atoms with Crippen molar-refractivity contribution in [2.45, 2.75) is 12.8 Å². The number of hydrogen-bond donors (Lipinski definition) is 0. The molecule has 2 rings (SSSR count). The van der Waals surface area contributed by atoms with E-state index in [0.717, 1.165) is 5.56 Å². The highest BCUT2D eigenvalue weighted by atomic mass is 79.9. The van der Waals surface area contributed by atoms with Gasteiger partial charge < -0.3 is 0 Å². The Morgan fingerprint density at radius 2 is 1.86 bits per heavy atom. The normalized spacial score (nSPS) is 11.8. The van der Waals surface area contributed by atoms with Gasteiger partial charge in [-0.15, -0.1) is 0 Å². The van der Waals surface area contributed by atoms with Crippen LogP contribution < -0.4 is 0 Å². The van der Waals surface area contributed by atoms with Crippen molar-refractivity contribution in [3.63, 3.8) is 0 Å². The molecule has 5 heteroatoms. The van der Waals surface area contributed by atoms with Crippen LogP contribution in [0.2, 0.25) is 10.0 Å². The summed E-state index contributed by atoms with van der Waals surface area (Å²) >= 11 is 15.6. The number of nitrogens with zero attached hydrogens (tertiary/aromatic N) is 1. The van der Waals surface area contributed by atoms with E-state index in [0.29, 0.717) is 25.6 Å². The second-order valence-electron chi connectivity index (χ2n) is 4.54. The Kier molecular flexibility index (Phi) is 5.05. The van der Waals surface area contributed by atoms with E-state index in [1.54, 1.807) is 30.3 Å². The quantitative estimate of drug-likeness (QED) is 0.652. The molecule has 1 unspecified atom stereocenters. The number of rotatable bonds is 3. The molecule has 0 aromatic heterocycles. The van der Waals surface area contributed by atoms with Crippen molar-refractivity contribution in [2.24, 2.45) is 0 Å². The van der Waals surface area contributed by atoms with Gasteiger partial charge in [-0.05, 0) is 31.2 Å². The van der Waals surface area contributed by atoms with Crippen molar-refractivity contribution in [2.75, 3.05) is 0 Å². The van der Waals surface area contributed by atoms with Gasteiger partial charge in [0.15, 0.2) is 5.78 Å². The zero-order valence-electron chi connectivity index (χ0n) is 11.0. The molecule has 2 aromatic carbocycles. The van der Waals surface area contributed by atoms with Crippen LogP contribution in [0.5, 0.6) is 0 Å². The van der Waals surface area contributed by atoms with Crippen LogP contribution in [0.4, 0.5) is 0 Å². The Morgan fingerprint density at radius 1 is 1.24 bits per heavy atom. The minimum Gasteiger partial charge on any atom is -0.292 e. The summed E-state index contributed by atoms with van der Waals surface area (Å²) < 4.78 is 0.640. The summed E-state index contributed by atoms with van der Waals surface area (Å²) in [7, 11) is 0. The van der Waals surface area contributed by atoms with Crippen LogP contribution in [0.1, 0.15) is 27.4 Å². The van der Waals surface area contributed by atoms with Crippen LogP contribution in [-0.2, 0) is 0 Å². The molecule has 0 heterocycles. The molecule has 0 aliphatic heterocycles. The van der Waals surface area contributed by atoms with Gasteiger partial charge in [-0.3, -0.25) is 4.79 Å². The van der Waals surface area contributed by atoms with E-state index in [1.807, 2.05) is 19.1 Å². The van der Waals surface area contributed by atoms with E-state index in [-0.39, 0.29) is 5.78 Å². The van der Waals surface area contributed by atoms with E-state index < -0.39 is 5.92 Å². The van der Waals surface area contributed by atoms with Crippen LogP contribution >= 0.6 is 39.1 Å². The predicted octanol–water partition coefficient (Wildman–Crippen LogP) is 5.55. The maximum atomic E-state index is 12.7. The summed E-state index contributed by atoms with van der Waals surface area (Å²) in [5.41, 5.74) is 1.72. The Bertz CT molecular complexity index is 732. The summed E-state index contributed by atoms with van der Waals surface area (Å²) in [6.07, 6.45) is 0. The molecule has 1 atom stereocenters. The Morgan fingerprint density at radius 3 is 2.43 bits per heavy atom. The van der Waals surface area contributed by atoms with Gasteiger partial charge in [-0.25, -0.2) is 0 Å². The fraction of sp³-hybridized carbons (Fsp3) is 0.125. The van der Waals surface area contributed by atoms with Gasteiger partial charge in [-0.1, -0.05) is 56.8 Å². The van der Waals surface area contributed by atoms with Gasteiger partial charge in [0.25, 0.3) is 0 Å². The highest BCUT2D eigenvalue weighted by molar-refractivity contribution is 9.10. The molecule has 0 saturated carbocycles. The minimum absolute atomic E-state index is 0.311. The van der Waals surface area contributed by atoms with Gasteiger partial charge in [-0.2, -0.15) is 5.26 Å². The molecule has 0 radical (unpaired) electrons. The monoisotopic (exact) mass is 381 g/mol. The largest absolute Gasteiger partial charge is 0.292 e. The lowest BCUT2D eigenvalue weighted by Crippen LogP contribution is -2.13. The number of hydrogen-bond acceptors (Lipinski definition) is 2. The first kappa shape index (κ1) is 16.0. The first-order valence-corrected chi connectivity index (χ1v) is 7.64. The Labute approximate surface area is 141 Å². The lowest BCUT2D eigenvalue weighted by Gasteiger charge is -2.13. The predicted molar refractivity (Wildman–Crippen MR) is 88.0 cm³/mol. The number of nitriles is 1. The second-order valence-corrected chi connectivity index (χ2v) is 6.21. The van der Waals surface area contributed by atoms with Crippen molar-refractivity contribution in [3.8, 4) is 6.07 Å². The maximum absolute atomic E-state index is 12.7. The molecular formula is C16H10BrCl2NO. The molecule has 0 spiro atoms. The van der Waals surface area contributed by atoms with Crippen LogP contribution in [-0.4, -0.2) is 5.78 Å². The molecule has 0 fully saturated rings. The third-order valence-electron chi connectivity index (χ3n) is 3.07. The summed E-state index contributed by atoms with van der Waals surface area (Å²) in [6, 6.07) is 12.3. The third-order valence-corrected chi connectivity index (χ3v) is 4.42. The van der Waals surface area contributed by atoms with E-state index >= 15 is 0 Å². The summed E-state index contributed by atoms with van der Waals surface area (Å²) in [6.45, 7) is 1.88. The van der Waals surface area contributed by atoms with Gasteiger partial charge in [0, 0.05) is 25.6 Å². The average molecular weight is 383 g/mol. The first-order chi connectivity index (χ1) is 9.95. The molecule has 0 aliphatic rings. The van der Waals surface area contributed by atoms with E-state index in [4.69, 9.17) is 23.2 Å². The van der Waals surface area contributed by atoms with Gasteiger partial charge in [0.1, 0.15) is 5.92 Å². The molecule has 2 nitrogen and oxygen atoms in total. The summed E-state index contributed by atoms with van der Waals surface area (Å²) in [4.78, 5) is 12.7. The van der Waals surface area contributed by atoms with E-state index in [2.05, 4.69) is 15.9 Å². The van der Waals surface area contributed by atoms with Crippen molar-refractivity contribution >= 4 is 44.9 Å². The number of ketones is 1. The fourth-order valence-electron chi connectivity index (χ4n) is 2.02. The second kappa shape index (κ2) is 6.62. The molecule has 0 saturated heterocycles. The number of halogens is 3. The standard InChI is InChI=1S/C16H10BrCl2NO/c1-9-5-6-12(17)10(7-9)16(21)11(8-20)15-13(18)3-2-4-14(15)19/h2-7,11H,1H3. The van der Waals surface area contributed by atoms with E-state index in [9.17, 15) is 10.1 Å². The van der Waals surface area contributed by atoms with E-state index in [1.165, 1.54) is 0 Å². The number of benzene rings is 2. The molecule has 21 heavy (non-hydrogen) atoms. The highest BCUT2D eigenvalue weighted by Gasteiger charge is 2.27. The number of Topliss-reactive ketones (excluding diaryl/α,β-unsaturated/α-hetero) is 1. The first-order valence-electron chi connectivity index (χ1n) is 6.09. The molecule has 106 valence electrons. The lowest BCUT2D eigenvalue weighted by molar-refractivity contribution is 0.0978. The summed E-state index contributed by atoms with van der Waals surface area (Å²) in [5, 5.41) is 10.0. The van der Waals surface area contributed by atoms with Crippen LogP contribution in [0.15, 0.2) is 40.9 Å². The van der Waals surface area contributed by atoms with Gasteiger partial charge in [0.2, 0.25) is 0 Å². The topological polar surface area (TPSA) is 40.9 Å². The summed E-state index contributed by atoms with van der Waals surface area (Å²) in [5.74, 6) is -1.37. The number of carbonyl (C=O) groups is 1. The maximum Gasteiger partial charge on any atom is 0.185 e. The molecular weight excluding hydrogens is 373 g/mol. The minimum atomic E-state index is -1.04. The molecule has 0 amide bonds. The smallest absolute Gasteiger partial charge is 0.185 e. The van der Waals surface area contributed by atoms with Gasteiger partial charge in [0.05, 0.1) is 6.07 Å².